The molecule has 1 saturated carbocycles. The van der Waals surface area contributed by atoms with E-state index in [0.717, 1.165) is 12.1 Å². The third-order valence-corrected chi connectivity index (χ3v) is 4.67. The largest absolute Gasteiger partial charge is 0.416 e. The van der Waals surface area contributed by atoms with E-state index in [1.54, 1.807) is 0 Å². The van der Waals surface area contributed by atoms with Gasteiger partial charge >= 0.3 is 6.18 Å². The summed E-state index contributed by atoms with van der Waals surface area (Å²) in [5, 5.41) is 3.16. The summed E-state index contributed by atoms with van der Waals surface area (Å²) in [5.74, 6) is 0.0723. The van der Waals surface area contributed by atoms with Gasteiger partial charge in [0, 0.05) is 23.4 Å². The second-order valence-electron chi connectivity index (χ2n) is 6.18. The summed E-state index contributed by atoms with van der Waals surface area (Å²) in [6.07, 6.45) is -4.49. The average molecular weight is 338 g/mol. The van der Waals surface area contributed by atoms with Crippen LogP contribution in [-0.2, 0) is 10.9 Å². The Morgan fingerprint density at radius 2 is 1.92 bits per heavy atom. The topological polar surface area (TPSA) is 71.2 Å². The van der Waals surface area contributed by atoms with Gasteiger partial charge in [0.05, 0.1) is 18.8 Å². The van der Waals surface area contributed by atoms with Gasteiger partial charge in [-0.25, -0.2) is 0 Å². The van der Waals surface area contributed by atoms with Crippen molar-refractivity contribution < 1.29 is 22.7 Å². The zero-order valence-electron chi connectivity index (χ0n) is 12.3. The highest BCUT2D eigenvalue weighted by molar-refractivity contribution is 5.97. The Kier molecular flexibility index (Phi) is 3.21. The number of hydrogen-bond acceptors (Lipinski definition) is 3. The van der Waals surface area contributed by atoms with Gasteiger partial charge in [-0.2, -0.15) is 13.2 Å². The number of ether oxygens (including phenoxy) is 1. The molecule has 3 atom stereocenters. The van der Waals surface area contributed by atoms with E-state index in [2.05, 4.69) is 10.3 Å². The van der Waals surface area contributed by atoms with Crippen molar-refractivity contribution in [3.63, 3.8) is 0 Å². The van der Waals surface area contributed by atoms with Gasteiger partial charge in [-0.3, -0.25) is 9.59 Å². The summed E-state index contributed by atoms with van der Waals surface area (Å²) in [5.41, 5.74) is -1.62. The minimum Gasteiger partial charge on any atom is -0.381 e. The van der Waals surface area contributed by atoms with Gasteiger partial charge in [0.2, 0.25) is 0 Å². The molecule has 1 amide bonds. The third kappa shape index (κ3) is 2.47. The van der Waals surface area contributed by atoms with Crippen LogP contribution in [0, 0.1) is 11.8 Å². The number of benzene rings is 1. The normalized spacial score (nSPS) is 25.5. The fraction of sp³-hybridized carbons (Fsp3) is 0.375. The van der Waals surface area contributed by atoms with Crippen molar-refractivity contribution in [2.75, 3.05) is 13.2 Å². The minimum absolute atomic E-state index is 0.00829. The molecular formula is C16H13F3N2O3. The summed E-state index contributed by atoms with van der Waals surface area (Å²) in [6.45, 7) is 1.20. The highest BCUT2D eigenvalue weighted by atomic mass is 19.4. The number of nitrogens with one attached hydrogen (secondary N) is 2. The first-order valence-electron chi connectivity index (χ1n) is 7.47. The zero-order valence-corrected chi connectivity index (χ0v) is 12.3. The van der Waals surface area contributed by atoms with Crippen LogP contribution in [0.5, 0.6) is 0 Å². The Balaban J connectivity index is 1.63. The Morgan fingerprint density at radius 3 is 2.58 bits per heavy atom. The minimum atomic E-state index is -4.49. The Labute approximate surface area is 133 Å². The van der Waals surface area contributed by atoms with E-state index < -0.39 is 23.2 Å². The SMILES string of the molecule is O=C(NC1[C@H]2COC[C@@H]12)c1cc2ccc(C(F)(F)F)cc2[nH]c1=O. The summed E-state index contributed by atoms with van der Waals surface area (Å²) in [6, 6.07) is 4.35. The summed E-state index contributed by atoms with van der Waals surface area (Å²) in [7, 11) is 0. The standard InChI is InChI=1S/C16H13F3N2O3/c17-16(18,19)8-2-1-7-3-9(14(22)20-12(7)4-8)15(23)21-13-10-5-24-6-11(10)13/h1-4,10-11,13H,5-6H2,(H,20,22)(H,21,23)/t10-,11+,13?. The number of amides is 1. The molecule has 1 aliphatic heterocycles. The van der Waals surface area contributed by atoms with E-state index in [9.17, 15) is 22.8 Å². The van der Waals surface area contributed by atoms with Gasteiger partial charge in [0.25, 0.3) is 11.5 Å². The molecule has 0 spiro atoms. The van der Waals surface area contributed by atoms with Crippen molar-refractivity contribution in [1.82, 2.24) is 10.3 Å². The number of carbonyl (C=O) groups excluding carboxylic acids is 1. The molecule has 0 bridgehead atoms. The number of rotatable bonds is 2. The molecule has 1 aromatic heterocycles. The molecule has 2 heterocycles. The number of fused-ring (bicyclic) bond motifs is 2. The van der Waals surface area contributed by atoms with E-state index in [-0.39, 0.29) is 17.1 Å². The predicted octanol–water partition coefficient (Wildman–Crippen LogP) is 1.92. The van der Waals surface area contributed by atoms with Gasteiger partial charge in [-0.1, -0.05) is 6.07 Å². The molecule has 8 heteroatoms. The molecule has 126 valence electrons. The predicted molar refractivity (Wildman–Crippen MR) is 78.6 cm³/mol. The molecular weight excluding hydrogens is 325 g/mol. The second-order valence-corrected chi connectivity index (χ2v) is 6.18. The van der Waals surface area contributed by atoms with Crippen LogP contribution in [0.2, 0.25) is 0 Å². The van der Waals surface area contributed by atoms with Crippen LogP contribution in [0.4, 0.5) is 13.2 Å². The van der Waals surface area contributed by atoms with Crippen LogP contribution in [-0.4, -0.2) is 30.1 Å². The fourth-order valence-corrected chi connectivity index (χ4v) is 3.23. The molecule has 5 nitrogen and oxygen atoms in total. The Morgan fingerprint density at radius 1 is 1.21 bits per heavy atom. The summed E-state index contributed by atoms with van der Waals surface area (Å²) in [4.78, 5) is 26.7. The first-order valence-corrected chi connectivity index (χ1v) is 7.47. The number of hydrogen-bond donors (Lipinski definition) is 2. The lowest BCUT2D eigenvalue weighted by Gasteiger charge is -2.10. The highest BCUT2D eigenvalue weighted by Crippen LogP contribution is 2.44. The number of pyridine rings is 1. The highest BCUT2D eigenvalue weighted by Gasteiger charge is 2.54. The van der Waals surface area contributed by atoms with Crippen molar-refractivity contribution in [3.05, 3.63) is 45.7 Å². The molecule has 24 heavy (non-hydrogen) atoms. The fourth-order valence-electron chi connectivity index (χ4n) is 3.23. The smallest absolute Gasteiger partial charge is 0.381 e. The summed E-state index contributed by atoms with van der Waals surface area (Å²) < 4.78 is 43.4. The van der Waals surface area contributed by atoms with Crippen molar-refractivity contribution in [3.8, 4) is 0 Å². The molecule has 0 radical (unpaired) electrons. The number of alkyl halides is 3. The average Bonchev–Trinajstić information content (AvgIpc) is 2.94. The second kappa shape index (κ2) is 5.07. The van der Waals surface area contributed by atoms with Crippen LogP contribution in [0.1, 0.15) is 15.9 Å². The quantitative estimate of drug-likeness (QED) is 0.879. The maximum atomic E-state index is 12.7. The van der Waals surface area contributed by atoms with Gasteiger partial charge in [0.1, 0.15) is 5.56 Å². The number of aromatic amines is 1. The molecule has 1 unspecified atom stereocenters. The van der Waals surface area contributed by atoms with Gasteiger partial charge in [-0.15, -0.1) is 0 Å². The third-order valence-electron chi connectivity index (χ3n) is 4.67. The first kappa shape index (κ1) is 15.2. The molecule has 2 aliphatic rings. The van der Waals surface area contributed by atoms with Gasteiger partial charge in [0.15, 0.2) is 0 Å². The Bertz CT molecular complexity index is 880. The van der Waals surface area contributed by atoms with E-state index in [1.165, 1.54) is 12.1 Å². The van der Waals surface area contributed by atoms with Crippen LogP contribution >= 0.6 is 0 Å². The number of halogens is 3. The van der Waals surface area contributed by atoms with E-state index in [4.69, 9.17) is 4.74 Å². The van der Waals surface area contributed by atoms with Crippen molar-refractivity contribution in [2.24, 2.45) is 11.8 Å². The molecule has 1 aromatic carbocycles. The molecule has 1 aliphatic carbocycles. The van der Waals surface area contributed by atoms with E-state index in [1.807, 2.05) is 0 Å². The number of H-pyrrole nitrogens is 1. The van der Waals surface area contributed by atoms with Crippen LogP contribution in [0.3, 0.4) is 0 Å². The maximum absolute atomic E-state index is 12.7. The van der Waals surface area contributed by atoms with Crippen LogP contribution in [0.15, 0.2) is 29.1 Å². The van der Waals surface area contributed by atoms with E-state index in [0.29, 0.717) is 30.4 Å². The van der Waals surface area contributed by atoms with Gasteiger partial charge in [-0.05, 0) is 23.6 Å². The number of carbonyl (C=O) groups is 1. The van der Waals surface area contributed by atoms with Crippen LogP contribution in [0.25, 0.3) is 10.9 Å². The maximum Gasteiger partial charge on any atom is 0.416 e. The molecule has 2 N–H and O–H groups in total. The van der Waals surface area contributed by atoms with Crippen LogP contribution < -0.4 is 10.9 Å². The number of aromatic nitrogens is 1. The molecule has 2 fully saturated rings. The zero-order chi connectivity index (χ0) is 17.1. The molecule has 4 rings (SSSR count). The first-order chi connectivity index (χ1) is 11.3. The molecule has 2 aromatic rings. The van der Waals surface area contributed by atoms with E-state index >= 15 is 0 Å². The monoisotopic (exact) mass is 338 g/mol. The Hall–Kier alpha value is -2.35. The lowest BCUT2D eigenvalue weighted by atomic mass is 10.1. The lowest BCUT2D eigenvalue weighted by Crippen LogP contribution is -2.33. The van der Waals surface area contributed by atoms with Crippen molar-refractivity contribution in [2.45, 2.75) is 12.2 Å². The lowest BCUT2D eigenvalue weighted by molar-refractivity contribution is -0.137. The van der Waals surface area contributed by atoms with Gasteiger partial charge < -0.3 is 15.0 Å². The van der Waals surface area contributed by atoms with Crippen molar-refractivity contribution >= 4 is 16.8 Å². The molecule has 1 saturated heterocycles. The summed E-state index contributed by atoms with van der Waals surface area (Å²) >= 11 is 0. The van der Waals surface area contributed by atoms with Crippen molar-refractivity contribution in [1.29, 1.82) is 0 Å².